The highest BCUT2D eigenvalue weighted by molar-refractivity contribution is 6.00. The predicted molar refractivity (Wildman–Crippen MR) is 108 cm³/mol. The van der Waals surface area contributed by atoms with Crippen molar-refractivity contribution >= 4 is 29.1 Å². The smallest absolute Gasteiger partial charge is 0.262 e. The van der Waals surface area contributed by atoms with Crippen molar-refractivity contribution in [3.8, 4) is 5.75 Å². The minimum atomic E-state index is -0.371. The van der Waals surface area contributed by atoms with Crippen molar-refractivity contribution in [2.75, 3.05) is 49.5 Å². The van der Waals surface area contributed by atoms with E-state index in [1.807, 2.05) is 18.2 Å². The molecule has 2 heterocycles. The van der Waals surface area contributed by atoms with E-state index in [1.165, 1.54) is 0 Å². The molecule has 0 aromatic heterocycles. The minimum absolute atomic E-state index is 0.0371. The van der Waals surface area contributed by atoms with Crippen molar-refractivity contribution in [3.63, 3.8) is 0 Å². The number of hydrogen-bond donors (Lipinski definition) is 2. The van der Waals surface area contributed by atoms with E-state index in [0.717, 1.165) is 18.8 Å². The molecule has 1 fully saturated rings. The molecule has 3 amide bonds. The normalized spacial score (nSPS) is 15.8. The molecular formula is C21H22N4O4. The molecule has 0 saturated carbocycles. The first kappa shape index (κ1) is 18.8. The third-order valence-corrected chi connectivity index (χ3v) is 5.03. The van der Waals surface area contributed by atoms with E-state index in [-0.39, 0.29) is 30.9 Å². The highest BCUT2D eigenvalue weighted by Crippen LogP contribution is 2.28. The van der Waals surface area contributed by atoms with Crippen molar-refractivity contribution in [3.05, 3.63) is 54.1 Å². The number of hydrogen-bond acceptors (Lipinski definition) is 5. The Morgan fingerprint density at radius 3 is 2.55 bits per heavy atom. The maximum absolute atomic E-state index is 12.5. The van der Waals surface area contributed by atoms with Gasteiger partial charge in [-0.15, -0.1) is 0 Å². The van der Waals surface area contributed by atoms with Crippen molar-refractivity contribution in [2.45, 2.75) is 0 Å². The summed E-state index contributed by atoms with van der Waals surface area (Å²) in [5.74, 6) is -0.224. The molecule has 4 rings (SSSR count). The molecule has 8 heteroatoms. The molecule has 150 valence electrons. The first-order valence-electron chi connectivity index (χ1n) is 9.53. The Labute approximate surface area is 168 Å². The first-order chi connectivity index (χ1) is 14.1. The van der Waals surface area contributed by atoms with Crippen molar-refractivity contribution < 1.29 is 19.1 Å². The Hall–Kier alpha value is -3.55. The number of carbonyl (C=O) groups is 3. The summed E-state index contributed by atoms with van der Waals surface area (Å²) in [7, 11) is 0. The second-order valence-electron chi connectivity index (χ2n) is 6.93. The van der Waals surface area contributed by atoms with E-state index in [4.69, 9.17) is 4.74 Å². The summed E-state index contributed by atoms with van der Waals surface area (Å²) in [4.78, 5) is 40.3. The van der Waals surface area contributed by atoms with Gasteiger partial charge in [-0.05, 0) is 30.3 Å². The number of rotatable bonds is 4. The molecule has 2 N–H and O–H groups in total. The summed E-state index contributed by atoms with van der Waals surface area (Å²) in [5, 5.41) is 5.33. The summed E-state index contributed by atoms with van der Waals surface area (Å²) < 4.78 is 5.28. The maximum atomic E-state index is 12.5. The lowest BCUT2D eigenvalue weighted by Gasteiger charge is -2.36. The summed E-state index contributed by atoms with van der Waals surface area (Å²) in [6.07, 6.45) is 0. The van der Waals surface area contributed by atoms with Gasteiger partial charge in [0.25, 0.3) is 11.8 Å². The molecule has 0 spiro atoms. The third kappa shape index (κ3) is 4.31. The van der Waals surface area contributed by atoms with Crippen LogP contribution in [0.5, 0.6) is 5.75 Å². The molecule has 2 aliphatic heterocycles. The van der Waals surface area contributed by atoms with Crippen LogP contribution in [0.25, 0.3) is 0 Å². The molecule has 0 aliphatic carbocycles. The lowest BCUT2D eigenvalue weighted by atomic mass is 10.1. The van der Waals surface area contributed by atoms with Gasteiger partial charge in [-0.3, -0.25) is 14.4 Å². The van der Waals surface area contributed by atoms with E-state index in [9.17, 15) is 14.4 Å². The van der Waals surface area contributed by atoms with Crippen LogP contribution in [0.2, 0.25) is 0 Å². The molecule has 2 aliphatic rings. The fourth-order valence-corrected chi connectivity index (χ4v) is 3.45. The Bertz CT molecular complexity index is 924. The topological polar surface area (TPSA) is 91.0 Å². The van der Waals surface area contributed by atoms with Crippen LogP contribution in [-0.4, -0.2) is 62.0 Å². The van der Waals surface area contributed by atoms with E-state index >= 15 is 0 Å². The Balaban J connectivity index is 1.28. The second kappa shape index (κ2) is 8.22. The average molecular weight is 394 g/mol. The van der Waals surface area contributed by atoms with Gasteiger partial charge in [0.05, 0.1) is 12.2 Å². The van der Waals surface area contributed by atoms with Crippen LogP contribution in [0, 0.1) is 0 Å². The number of amides is 3. The average Bonchev–Trinajstić information content (AvgIpc) is 2.77. The molecule has 8 nitrogen and oxygen atoms in total. The van der Waals surface area contributed by atoms with Gasteiger partial charge in [0.15, 0.2) is 6.61 Å². The monoisotopic (exact) mass is 394 g/mol. The van der Waals surface area contributed by atoms with Crippen molar-refractivity contribution in [1.29, 1.82) is 0 Å². The molecule has 2 aromatic carbocycles. The fourth-order valence-electron chi connectivity index (χ4n) is 3.45. The number of anilines is 2. The highest BCUT2D eigenvalue weighted by Gasteiger charge is 2.22. The number of fused-ring (bicyclic) bond motifs is 1. The quantitative estimate of drug-likeness (QED) is 0.810. The van der Waals surface area contributed by atoms with Gasteiger partial charge in [0.2, 0.25) is 5.91 Å². The van der Waals surface area contributed by atoms with Crippen molar-refractivity contribution in [1.82, 2.24) is 10.2 Å². The predicted octanol–water partition coefficient (Wildman–Crippen LogP) is 1.10. The van der Waals surface area contributed by atoms with Crippen LogP contribution in [0.4, 0.5) is 11.4 Å². The molecule has 0 unspecified atom stereocenters. The number of benzene rings is 2. The number of carbonyl (C=O) groups excluding carboxylic acids is 3. The van der Waals surface area contributed by atoms with Gasteiger partial charge >= 0.3 is 0 Å². The van der Waals surface area contributed by atoms with Crippen LogP contribution in [-0.2, 0) is 9.59 Å². The van der Waals surface area contributed by atoms with Crippen LogP contribution in [0.1, 0.15) is 10.4 Å². The van der Waals surface area contributed by atoms with Gasteiger partial charge in [0.1, 0.15) is 5.75 Å². The zero-order valence-electron chi connectivity index (χ0n) is 15.9. The Morgan fingerprint density at radius 2 is 1.79 bits per heavy atom. The zero-order chi connectivity index (χ0) is 20.2. The van der Waals surface area contributed by atoms with E-state index in [1.54, 1.807) is 23.1 Å². The molecule has 0 atom stereocenters. The number of nitrogens with one attached hydrogen (secondary N) is 2. The summed E-state index contributed by atoms with van der Waals surface area (Å²) >= 11 is 0. The van der Waals surface area contributed by atoms with Crippen LogP contribution >= 0.6 is 0 Å². The van der Waals surface area contributed by atoms with Gasteiger partial charge in [-0.1, -0.05) is 18.2 Å². The molecule has 2 aromatic rings. The summed E-state index contributed by atoms with van der Waals surface area (Å²) in [5.41, 5.74) is 1.96. The van der Waals surface area contributed by atoms with Crippen LogP contribution in [0.15, 0.2) is 48.5 Å². The minimum Gasteiger partial charge on any atom is -0.482 e. The lowest BCUT2D eigenvalue weighted by molar-refractivity contribution is -0.130. The second-order valence-corrected chi connectivity index (χ2v) is 6.93. The molecule has 29 heavy (non-hydrogen) atoms. The Kier molecular flexibility index (Phi) is 5.33. The van der Waals surface area contributed by atoms with Crippen LogP contribution < -0.4 is 20.3 Å². The Morgan fingerprint density at radius 1 is 1.03 bits per heavy atom. The van der Waals surface area contributed by atoms with Crippen molar-refractivity contribution in [2.24, 2.45) is 0 Å². The standard InChI is InChI=1S/C21H22N4O4/c26-19-14-29-18-7-6-15(12-17(18)23-19)21(28)22-13-20(27)25-10-8-24(9-11-25)16-4-2-1-3-5-16/h1-7,12H,8-11,13-14H2,(H,22,28)(H,23,26). The SMILES string of the molecule is O=C1COc2ccc(C(=O)NCC(=O)N3CCN(c4ccccc4)CC3)cc2N1. The van der Waals surface area contributed by atoms with Gasteiger partial charge in [-0.2, -0.15) is 0 Å². The first-order valence-corrected chi connectivity index (χ1v) is 9.53. The molecule has 0 radical (unpaired) electrons. The van der Waals surface area contributed by atoms with Gasteiger partial charge < -0.3 is 25.2 Å². The zero-order valence-corrected chi connectivity index (χ0v) is 15.9. The van der Waals surface area contributed by atoms with Crippen LogP contribution in [0.3, 0.4) is 0 Å². The molecular weight excluding hydrogens is 372 g/mol. The van der Waals surface area contributed by atoms with E-state index < -0.39 is 0 Å². The number of nitrogens with zero attached hydrogens (tertiary/aromatic N) is 2. The highest BCUT2D eigenvalue weighted by atomic mass is 16.5. The fraction of sp³-hybridized carbons (Fsp3) is 0.286. The number of piperazine rings is 1. The lowest BCUT2D eigenvalue weighted by Crippen LogP contribution is -2.51. The summed E-state index contributed by atoms with van der Waals surface area (Å²) in [6, 6.07) is 14.9. The third-order valence-electron chi connectivity index (χ3n) is 5.03. The molecule has 1 saturated heterocycles. The largest absolute Gasteiger partial charge is 0.482 e. The van der Waals surface area contributed by atoms with Gasteiger partial charge in [-0.25, -0.2) is 0 Å². The molecule has 0 bridgehead atoms. The van der Waals surface area contributed by atoms with E-state index in [2.05, 4.69) is 27.7 Å². The van der Waals surface area contributed by atoms with E-state index in [0.29, 0.717) is 30.1 Å². The number of ether oxygens (including phenoxy) is 1. The number of para-hydroxylation sites is 1. The summed E-state index contributed by atoms with van der Waals surface area (Å²) in [6.45, 7) is 2.65. The maximum Gasteiger partial charge on any atom is 0.262 e. The van der Waals surface area contributed by atoms with Gasteiger partial charge in [0, 0.05) is 37.4 Å².